The summed E-state index contributed by atoms with van der Waals surface area (Å²) in [6.07, 6.45) is -2.26. The maximum absolute atomic E-state index is 12.4. The van der Waals surface area contributed by atoms with Crippen LogP contribution in [-0.4, -0.2) is 17.3 Å². The molecule has 0 aliphatic rings. The first-order valence-electron chi connectivity index (χ1n) is 4.99. The second kappa shape index (κ2) is 4.45. The van der Waals surface area contributed by atoms with Crippen molar-refractivity contribution in [1.82, 2.24) is 4.57 Å². The Morgan fingerprint density at radius 3 is 2.65 bits per heavy atom. The molecule has 0 saturated carbocycles. The molecule has 0 fully saturated rings. The zero-order chi connectivity index (χ0) is 12.4. The number of benzene rings is 1. The number of rotatable bonds is 3. The highest BCUT2D eigenvalue weighted by Crippen LogP contribution is 2.13. The van der Waals surface area contributed by atoms with E-state index in [-0.39, 0.29) is 5.56 Å². The number of carbonyl (C=O) groups is 1. The maximum Gasteiger partial charge on any atom is 0.261 e. The van der Waals surface area contributed by atoms with Crippen LogP contribution in [0.25, 0.3) is 10.9 Å². The number of aromatic nitrogens is 1. The fraction of sp³-hybridized carbons (Fsp3) is 0.167. The van der Waals surface area contributed by atoms with Crippen LogP contribution in [0.4, 0.5) is 8.78 Å². The first-order chi connectivity index (χ1) is 8.13. The van der Waals surface area contributed by atoms with Crippen LogP contribution in [0, 0.1) is 0 Å². The van der Waals surface area contributed by atoms with Crippen molar-refractivity contribution in [3.05, 3.63) is 46.2 Å². The molecule has 3 nitrogen and oxygen atoms in total. The predicted octanol–water partition coefficient (Wildman–Crippen LogP) is 2.08. The average Bonchev–Trinajstić information content (AvgIpc) is 2.32. The lowest BCUT2D eigenvalue weighted by atomic mass is 10.1. The molecule has 2 aromatic rings. The Morgan fingerprint density at radius 1 is 1.29 bits per heavy atom. The van der Waals surface area contributed by atoms with Gasteiger partial charge in [0.05, 0.1) is 17.6 Å². The lowest BCUT2D eigenvalue weighted by Crippen LogP contribution is -2.26. The molecule has 0 spiro atoms. The molecule has 2 rings (SSSR count). The van der Waals surface area contributed by atoms with Gasteiger partial charge in [-0.3, -0.25) is 9.59 Å². The summed E-state index contributed by atoms with van der Waals surface area (Å²) in [5, 5.41) is 0.592. The minimum absolute atomic E-state index is 0.107. The fourth-order valence-corrected chi connectivity index (χ4v) is 1.75. The number of hydrogen-bond acceptors (Lipinski definition) is 2. The average molecular weight is 237 g/mol. The van der Waals surface area contributed by atoms with Gasteiger partial charge < -0.3 is 4.57 Å². The lowest BCUT2D eigenvalue weighted by Gasteiger charge is -2.10. The fourth-order valence-electron chi connectivity index (χ4n) is 1.75. The van der Waals surface area contributed by atoms with E-state index < -0.39 is 18.5 Å². The molecule has 0 unspecified atom stereocenters. The SMILES string of the molecule is O=Cc1cc2ccccc2n(CC(F)F)c1=O. The number of fused-ring (bicyclic) bond motifs is 1. The summed E-state index contributed by atoms with van der Waals surface area (Å²) in [6, 6.07) is 8.03. The molecule has 0 amide bonds. The highest BCUT2D eigenvalue weighted by molar-refractivity contribution is 5.86. The van der Waals surface area contributed by atoms with Gasteiger partial charge in [-0.25, -0.2) is 8.78 Å². The van der Waals surface area contributed by atoms with Crippen LogP contribution in [0.2, 0.25) is 0 Å². The van der Waals surface area contributed by atoms with Crippen molar-refractivity contribution < 1.29 is 13.6 Å². The number of halogens is 2. The van der Waals surface area contributed by atoms with Crippen LogP contribution < -0.4 is 5.56 Å². The van der Waals surface area contributed by atoms with Gasteiger partial charge in [0.25, 0.3) is 12.0 Å². The van der Waals surface area contributed by atoms with Gasteiger partial charge in [-0.2, -0.15) is 0 Å². The number of carbonyl (C=O) groups excluding carboxylic acids is 1. The molecule has 0 N–H and O–H groups in total. The van der Waals surface area contributed by atoms with Crippen LogP contribution in [0.3, 0.4) is 0 Å². The molecule has 0 radical (unpaired) electrons. The van der Waals surface area contributed by atoms with Crippen molar-refractivity contribution >= 4 is 17.2 Å². The minimum Gasteiger partial charge on any atom is -0.302 e. The van der Waals surface area contributed by atoms with Crippen molar-refractivity contribution in [2.24, 2.45) is 0 Å². The molecule has 0 atom stereocenters. The summed E-state index contributed by atoms with van der Waals surface area (Å²) in [4.78, 5) is 22.5. The van der Waals surface area contributed by atoms with Gasteiger partial charge in [-0.05, 0) is 17.5 Å². The van der Waals surface area contributed by atoms with E-state index in [0.29, 0.717) is 17.2 Å². The molecule has 88 valence electrons. The minimum atomic E-state index is -2.64. The Kier molecular flexibility index (Phi) is 2.99. The largest absolute Gasteiger partial charge is 0.302 e. The molecular formula is C12H9F2NO2. The molecule has 17 heavy (non-hydrogen) atoms. The molecule has 0 aliphatic carbocycles. The summed E-state index contributed by atoms with van der Waals surface area (Å²) >= 11 is 0. The Morgan fingerprint density at radius 2 is 2.00 bits per heavy atom. The number of pyridine rings is 1. The number of aldehydes is 1. The first kappa shape index (κ1) is 11.4. The van der Waals surface area contributed by atoms with Gasteiger partial charge in [-0.1, -0.05) is 18.2 Å². The van der Waals surface area contributed by atoms with Crippen LogP contribution in [0.5, 0.6) is 0 Å². The van der Waals surface area contributed by atoms with Gasteiger partial charge in [0, 0.05) is 0 Å². The van der Waals surface area contributed by atoms with E-state index in [4.69, 9.17) is 0 Å². The first-order valence-corrected chi connectivity index (χ1v) is 4.99. The zero-order valence-electron chi connectivity index (χ0n) is 8.77. The van der Waals surface area contributed by atoms with E-state index in [1.165, 1.54) is 6.07 Å². The molecule has 0 bridgehead atoms. The normalized spacial score (nSPS) is 11.0. The van der Waals surface area contributed by atoms with E-state index in [2.05, 4.69) is 0 Å². The van der Waals surface area contributed by atoms with Crippen molar-refractivity contribution in [3.63, 3.8) is 0 Å². The van der Waals surface area contributed by atoms with E-state index in [1.807, 2.05) is 0 Å². The zero-order valence-corrected chi connectivity index (χ0v) is 8.77. The van der Waals surface area contributed by atoms with Gasteiger partial charge in [0.1, 0.15) is 0 Å². The molecule has 0 saturated heterocycles. The third-order valence-corrected chi connectivity index (χ3v) is 2.48. The number of para-hydroxylation sites is 1. The highest BCUT2D eigenvalue weighted by atomic mass is 19.3. The lowest BCUT2D eigenvalue weighted by molar-refractivity contribution is 0.111. The van der Waals surface area contributed by atoms with Crippen molar-refractivity contribution in [2.75, 3.05) is 0 Å². The molecule has 5 heteroatoms. The van der Waals surface area contributed by atoms with E-state index in [1.54, 1.807) is 24.3 Å². The molecule has 0 aliphatic heterocycles. The van der Waals surface area contributed by atoms with Crippen LogP contribution in [-0.2, 0) is 6.54 Å². The van der Waals surface area contributed by atoms with Crippen LogP contribution >= 0.6 is 0 Å². The van der Waals surface area contributed by atoms with Crippen molar-refractivity contribution in [2.45, 2.75) is 13.0 Å². The molecule has 1 aromatic carbocycles. The van der Waals surface area contributed by atoms with Crippen LogP contribution in [0.15, 0.2) is 35.1 Å². The number of hydrogen-bond donors (Lipinski definition) is 0. The monoisotopic (exact) mass is 237 g/mol. The van der Waals surface area contributed by atoms with Gasteiger partial charge in [-0.15, -0.1) is 0 Å². The van der Waals surface area contributed by atoms with Crippen molar-refractivity contribution in [3.8, 4) is 0 Å². The molecule has 1 aromatic heterocycles. The number of nitrogens with zero attached hydrogens (tertiary/aromatic N) is 1. The van der Waals surface area contributed by atoms with Gasteiger partial charge in [0.2, 0.25) is 0 Å². The Bertz CT molecular complexity index is 619. The maximum atomic E-state index is 12.4. The van der Waals surface area contributed by atoms with Crippen LogP contribution in [0.1, 0.15) is 10.4 Å². The van der Waals surface area contributed by atoms with E-state index in [0.717, 1.165) is 4.57 Å². The summed E-state index contributed by atoms with van der Waals surface area (Å²) in [7, 11) is 0. The smallest absolute Gasteiger partial charge is 0.261 e. The Balaban J connectivity index is 2.80. The van der Waals surface area contributed by atoms with Gasteiger partial charge >= 0.3 is 0 Å². The van der Waals surface area contributed by atoms with E-state index >= 15 is 0 Å². The van der Waals surface area contributed by atoms with Gasteiger partial charge in [0.15, 0.2) is 6.29 Å². The third-order valence-electron chi connectivity index (χ3n) is 2.48. The predicted molar refractivity (Wildman–Crippen MR) is 59.6 cm³/mol. The summed E-state index contributed by atoms with van der Waals surface area (Å²) in [6.45, 7) is -0.707. The summed E-state index contributed by atoms with van der Waals surface area (Å²) < 4.78 is 25.8. The standard InChI is InChI=1S/C12H9F2NO2/c13-11(14)6-15-10-4-2-1-3-8(10)5-9(7-16)12(15)17/h1-5,7,11H,6H2. The highest BCUT2D eigenvalue weighted by Gasteiger charge is 2.12. The van der Waals surface area contributed by atoms with Crippen molar-refractivity contribution in [1.29, 1.82) is 0 Å². The Hall–Kier alpha value is -2.04. The second-order valence-corrected chi connectivity index (χ2v) is 3.58. The second-order valence-electron chi connectivity index (χ2n) is 3.58. The number of alkyl halides is 2. The molecule has 1 heterocycles. The topological polar surface area (TPSA) is 39.1 Å². The molecular weight excluding hydrogens is 228 g/mol. The van der Waals surface area contributed by atoms with E-state index in [9.17, 15) is 18.4 Å². The summed E-state index contributed by atoms with van der Waals surface area (Å²) in [5.74, 6) is 0. The third kappa shape index (κ3) is 2.08. The summed E-state index contributed by atoms with van der Waals surface area (Å²) in [5.41, 5.74) is -0.383. The Labute approximate surface area is 95.3 Å². The quantitative estimate of drug-likeness (QED) is 0.766.